The highest BCUT2D eigenvalue weighted by atomic mass is 32.2. The molecular weight excluding hydrogens is 286 g/mol. The van der Waals surface area contributed by atoms with Crippen LogP contribution in [0, 0.1) is 0 Å². The highest BCUT2D eigenvalue weighted by molar-refractivity contribution is 7.91. The molecular formula is C15H19N3O2S. The van der Waals surface area contributed by atoms with E-state index in [0.29, 0.717) is 18.2 Å². The van der Waals surface area contributed by atoms with E-state index in [9.17, 15) is 8.42 Å². The van der Waals surface area contributed by atoms with Gasteiger partial charge in [-0.15, -0.1) is 0 Å². The third kappa shape index (κ3) is 2.08. The Hall–Kier alpha value is -1.43. The molecule has 2 fully saturated rings. The number of fused-ring (bicyclic) bond motifs is 1. The van der Waals surface area contributed by atoms with Gasteiger partial charge in [-0.1, -0.05) is 12.8 Å². The Labute approximate surface area is 124 Å². The largest absolute Gasteiger partial charge is 0.308 e. The highest BCUT2D eigenvalue weighted by Crippen LogP contribution is 2.40. The molecule has 4 rings (SSSR count). The second kappa shape index (κ2) is 4.80. The number of hydrogen-bond acceptors (Lipinski definition) is 4. The maximum absolute atomic E-state index is 12.3. The first-order valence-electron chi connectivity index (χ1n) is 7.71. The highest BCUT2D eigenvalue weighted by Gasteiger charge is 2.38. The van der Waals surface area contributed by atoms with Crippen LogP contribution in [0.2, 0.25) is 0 Å². The minimum absolute atomic E-state index is 0.291. The van der Waals surface area contributed by atoms with Gasteiger partial charge in [0, 0.05) is 12.2 Å². The number of rotatable bonds is 2. The van der Waals surface area contributed by atoms with E-state index in [-0.39, 0.29) is 0 Å². The van der Waals surface area contributed by atoms with Crippen LogP contribution in [0.25, 0.3) is 11.2 Å². The van der Waals surface area contributed by atoms with E-state index >= 15 is 0 Å². The van der Waals surface area contributed by atoms with Crippen LogP contribution in [-0.2, 0) is 9.84 Å². The Kier molecular flexibility index (Phi) is 3.03. The molecule has 0 bridgehead atoms. The van der Waals surface area contributed by atoms with Gasteiger partial charge in [-0.2, -0.15) is 0 Å². The predicted octanol–water partition coefficient (Wildman–Crippen LogP) is 2.80. The fourth-order valence-electron chi connectivity index (χ4n) is 3.78. The van der Waals surface area contributed by atoms with Crippen LogP contribution in [0.1, 0.15) is 55.6 Å². The van der Waals surface area contributed by atoms with Crippen molar-refractivity contribution >= 4 is 21.0 Å². The number of pyridine rings is 1. The van der Waals surface area contributed by atoms with Crippen LogP contribution in [-0.4, -0.2) is 28.7 Å². The van der Waals surface area contributed by atoms with Gasteiger partial charge in [-0.25, -0.2) is 18.4 Å². The Bertz CT molecular complexity index is 775. The fraction of sp³-hybridized carbons (Fsp3) is 0.600. The van der Waals surface area contributed by atoms with Gasteiger partial charge in [0.25, 0.3) is 0 Å². The molecule has 3 heterocycles. The van der Waals surface area contributed by atoms with E-state index in [1.54, 1.807) is 6.20 Å². The summed E-state index contributed by atoms with van der Waals surface area (Å²) in [5, 5.41) is -0.438. The van der Waals surface area contributed by atoms with Crippen molar-refractivity contribution in [1.29, 1.82) is 0 Å². The van der Waals surface area contributed by atoms with Crippen LogP contribution >= 0.6 is 0 Å². The molecule has 21 heavy (non-hydrogen) atoms. The molecule has 1 unspecified atom stereocenters. The summed E-state index contributed by atoms with van der Waals surface area (Å²) in [5.74, 6) is 1.02. The summed E-state index contributed by atoms with van der Waals surface area (Å²) < 4.78 is 26.8. The first-order chi connectivity index (χ1) is 10.2. The third-order valence-corrected chi connectivity index (χ3v) is 6.95. The van der Waals surface area contributed by atoms with Gasteiger partial charge in [0.2, 0.25) is 0 Å². The van der Waals surface area contributed by atoms with Crippen molar-refractivity contribution in [2.75, 3.05) is 5.75 Å². The molecule has 0 aromatic carbocycles. The smallest absolute Gasteiger partial charge is 0.160 e. The van der Waals surface area contributed by atoms with Gasteiger partial charge < -0.3 is 4.57 Å². The average molecular weight is 305 g/mol. The van der Waals surface area contributed by atoms with E-state index in [2.05, 4.69) is 14.5 Å². The predicted molar refractivity (Wildman–Crippen MR) is 80.8 cm³/mol. The summed E-state index contributed by atoms with van der Waals surface area (Å²) in [6.45, 7) is 0. The summed E-state index contributed by atoms with van der Waals surface area (Å²) in [5.41, 5.74) is 1.67. The van der Waals surface area contributed by atoms with Crippen LogP contribution in [0.5, 0.6) is 0 Å². The van der Waals surface area contributed by atoms with Gasteiger partial charge in [0.15, 0.2) is 15.5 Å². The normalized spacial score (nSPS) is 25.8. The van der Waals surface area contributed by atoms with Gasteiger partial charge >= 0.3 is 0 Å². The molecule has 2 aromatic heterocycles. The van der Waals surface area contributed by atoms with Crippen molar-refractivity contribution in [1.82, 2.24) is 14.5 Å². The second-order valence-electron chi connectivity index (χ2n) is 6.12. The quantitative estimate of drug-likeness (QED) is 0.856. The maximum atomic E-state index is 12.3. The first-order valence-corrected chi connectivity index (χ1v) is 9.43. The maximum Gasteiger partial charge on any atom is 0.160 e. The Balaban J connectivity index is 1.93. The zero-order chi connectivity index (χ0) is 14.4. The lowest BCUT2D eigenvalue weighted by Gasteiger charge is -2.18. The van der Waals surface area contributed by atoms with Crippen molar-refractivity contribution in [2.45, 2.75) is 49.8 Å². The lowest BCUT2D eigenvalue weighted by molar-refractivity contribution is 0.498. The topological polar surface area (TPSA) is 64.8 Å². The second-order valence-corrected chi connectivity index (χ2v) is 8.43. The Morgan fingerprint density at radius 1 is 1.14 bits per heavy atom. The lowest BCUT2D eigenvalue weighted by Crippen LogP contribution is -2.17. The number of imidazole rings is 1. The number of nitrogens with zero attached hydrogens (tertiary/aromatic N) is 3. The van der Waals surface area contributed by atoms with Crippen molar-refractivity contribution < 1.29 is 8.42 Å². The molecule has 0 amide bonds. The van der Waals surface area contributed by atoms with Crippen molar-refractivity contribution in [3.8, 4) is 0 Å². The summed E-state index contributed by atoms with van der Waals surface area (Å²) >= 11 is 0. The SMILES string of the molecule is O=S1(=O)CCCC1c1nc2cccnc2n1C1CCCC1. The molecule has 0 N–H and O–H groups in total. The number of sulfone groups is 1. The van der Waals surface area contributed by atoms with E-state index in [1.807, 2.05) is 12.1 Å². The molecule has 1 aliphatic heterocycles. The lowest BCUT2D eigenvalue weighted by atomic mass is 10.2. The van der Waals surface area contributed by atoms with E-state index in [4.69, 9.17) is 0 Å². The summed E-state index contributed by atoms with van der Waals surface area (Å²) in [6.07, 6.45) is 7.81. The van der Waals surface area contributed by atoms with Gasteiger partial charge in [0.05, 0.1) is 5.75 Å². The molecule has 6 heteroatoms. The number of aromatic nitrogens is 3. The van der Waals surface area contributed by atoms with Crippen molar-refractivity contribution in [3.63, 3.8) is 0 Å². The molecule has 5 nitrogen and oxygen atoms in total. The average Bonchev–Trinajstić information content (AvgIpc) is 3.14. The molecule has 1 saturated carbocycles. The van der Waals surface area contributed by atoms with E-state index in [1.165, 1.54) is 12.8 Å². The van der Waals surface area contributed by atoms with Crippen LogP contribution in [0.15, 0.2) is 18.3 Å². The van der Waals surface area contributed by atoms with Crippen molar-refractivity contribution in [3.05, 3.63) is 24.2 Å². The summed E-state index contributed by atoms with van der Waals surface area (Å²) in [6, 6.07) is 4.15. The Morgan fingerprint density at radius 3 is 2.67 bits per heavy atom. The molecule has 2 aromatic rings. The molecule has 0 spiro atoms. The van der Waals surface area contributed by atoms with Crippen LogP contribution < -0.4 is 0 Å². The van der Waals surface area contributed by atoms with Crippen LogP contribution in [0.3, 0.4) is 0 Å². The van der Waals surface area contributed by atoms with E-state index in [0.717, 1.165) is 36.3 Å². The van der Waals surface area contributed by atoms with Gasteiger partial charge in [-0.3, -0.25) is 0 Å². The zero-order valence-electron chi connectivity index (χ0n) is 11.9. The fourth-order valence-corrected chi connectivity index (χ4v) is 5.64. The monoisotopic (exact) mass is 305 g/mol. The summed E-state index contributed by atoms with van der Waals surface area (Å²) in [4.78, 5) is 9.13. The minimum atomic E-state index is -3.05. The summed E-state index contributed by atoms with van der Waals surface area (Å²) in [7, 11) is -3.05. The zero-order valence-corrected chi connectivity index (χ0v) is 12.7. The van der Waals surface area contributed by atoms with Crippen LogP contribution in [0.4, 0.5) is 0 Å². The standard InChI is InChI=1S/C15H19N3O2S/c19-21(20)10-4-8-13(21)15-17-12-7-3-9-16-14(12)18(15)11-5-1-2-6-11/h3,7,9,11,13H,1-2,4-6,8,10H2. The molecule has 1 aliphatic carbocycles. The van der Waals surface area contributed by atoms with Gasteiger partial charge in [-0.05, 0) is 37.8 Å². The van der Waals surface area contributed by atoms with Crippen molar-refractivity contribution in [2.24, 2.45) is 0 Å². The van der Waals surface area contributed by atoms with Gasteiger partial charge in [0.1, 0.15) is 16.6 Å². The third-order valence-electron chi connectivity index (χ3n) is 4.78. The first kappa shape index (κ1) is 13.2. The van der Waals surface area contributed by atoms with E-state index < -0.39 is 15.1 Å². The molecule has 112 valence electrons. The minimum Gasteiger partial charge on any atom is -0.308 e. The Morgan fingerprint density at radius 2 is 1.95 bits per heavy atom. The number of hydrogen-bond donors (Lipinski definition) is 0. The molecule has 1 atom stereocenters. The molecule has 1 saturated heterocycles. The molecule has 2 aliphatic rings. The molecule has 0 radical (unpaired) electrons.